The minimum absolute atomic E-state index is 0.342. The number of methoxy groups -OCH3 is 1. The first-order valence-electron chi connectivity index (χ1n) is 5.20. The zero-order valence-corrected chi connectivity index (χ0v) is 10.4. The molecule has 92 valence electrons. The van der Waals surface area contributed by atoms with Gasteiger partial charge in [-0.15, -0.1) is 0 Å². The van der Waals surface area contributed by atoms with E-state index in [0.717, 1.165) is 11.1 Å². The van der Waals surface area contributed by atoms with E-state index in [-0.39, 0.29) is 0 Å². The molecule has 2 rings (SSSR count). The average molecular weight is 263 g/mol. The maximum absolute atomic E-state index is 11.1. The molecule has 5 heteroatoms. The number of nitrogens with zero attached hydrogens (tertiary/aromatic N) is 1. The van der Waals surface area contributed by atoms with E-state index in [2.05, 4.69) is 4.98 Å². The smallest absolute Gasteiger partial charge is 0.250 e. The molecule has 0 aliphatic carbocycles. The molecular weight excluding hydrogens is 252 g/mol. The van der Waals surface area contributed by atoms with Gasteiger partial charge in [-0.2, -0.15) is 0 Å². The van der Waals surface area contributed by atoms with Crippen molar-refractivity contribution in [3.8, 4) is 16.9 Å². The summed E-state index contributed by atoms with van der Waals surface area (Å²) in [5.41, 5.74) is 7.06. The maximum atomic E-state index is 11.1. The number of carbonyl (C=O) groups is 1. The highest BCUT2D eigenvalue weighted by Gasteiger charge is 2.09. The van der Waals surface area contributed by atoms with Crippen molar-refractivity contribution in [3.05, 3.63) is 47.2 Å². The highest BCUT2D eigenvalue weighted by molar-refractivity contribution is 6.31. The predicted molar refractivity (Wildman–Crippen MR) is 69.8 cm³/mol. The Kier molecular flexibility index (Phi) is 3.48. The lowest BCUT2D eigenvalue weighted by atomic mass is 10.0. The normalized spacial score (nSPS) is 10.1. The summed E-state index contributed by atoms with van der Waals surface area (Å²) in [6.07, 6.45) is 3.05. The summed E-state index contributed by atoms with van der Waals surface area (Å²) in [6, 6.07) is 6.90. The number of ether oxygens (including phenoxy) is 1. The molecule has 0 spiro atoms. The van der Waals surface area contributed by atoms with Gasteiger partial charge in [0.2, 0.25) is 5.91 Å². The van der Waals surface area contributed by atoms with Gasteiger partial charge >= 0.3 is 0 Å². The standard InChI is InChI=1S/C13H11ClN2O2/c1-18-12-3-2-10(14)5-11(12)8-4-9(13(15)17)7-16-6-8/h2-7H,1H3,(H2,15,17). The molecule has 2 N–H and O–H groups in total. The van der Waals surface area contributed by atoms with Gasteiger partial charge in [0.05, 0.1) is 12.7 Å². The van der Waals surface area contributed by atoms with Crippen molar-refractivity contribution in [2.75, 3.05) is 7.11 Å². The molecule has 18 heavy (non-hydrogen) atoms. The molecule has 4 nitrogen and oxygen atoms in total. The van der Waals surface area contributed by atoms with Crippen LogP contribution in [0.1, 0.15) is 10.4 Å². The fraction of sp³-hybridized carbons (Fsp3) is 0.0769. The summed E-state index contributed by atoms with van der Waals surface area (Å²) in [5, 5.41) is 0.579. The van der Waals surface area contributed by atoms with Crippen molar-refractivity contribution in [1.29, 1.82) is 0 Å². The molecule has 1 aromatic carbocycles. The van der Waals surface area contributed by atoms with Crippen LogP contribution in [0.4, 0.5) is 0 Å². The largest absolute Gasteiger partial charge is 0.496 e. The summed E-state index contributed by atoms with van der Waals surface area (Å²) in [4.78, 5) is 15.1. The van der Waals surface area contributed by atoms with Crippen LogP contribution >= 0.6 is 11.6 Å². The van der Waals surface area contributed by atoms with Gasteiger partial charge in [-0.3, -0.25) is 9.78 Å². The van der Waals surface area contributed by atoms with Crippen LogP contribution in [-0.2, 0) is 0 Å². The van der Waals surface area contributed by atoms with Crippen LogP contribution in [0.3, 0.4) is 0 Å². The first-order valence-corrected chi connectivity index (χ1v) is 5.58. The highest BCUT2D eigenvalue weighted by Crippen LogP contribution is 2.32. The van der Waals surface area contributed by atoms with E-state index in [9.17, 15) is 4.79 Å². The Morgan fingerprint density at radius 3 is 2.78 bits per heavy atom. The third-order valence-corrected chi connectivity index (χ3v) is 2.73. The number of nitrogens with two attached hydrogens (primary N) is 1. The highest BCUT2D eigenvalue weighted by atomic mass is 35.5. The van der Waals surface area contributed by atoms with E-state index in [1.54, 1.807) is 37.6 Å². The zero-order chi connectivity index (χ0) is 13.1. The minimum atomic E-state index is -0.523. The Balaban J connectivity index is 2.57. The number of pyridine rings is 1. The molecule has 0 aliphatic heterocycles. The average Bonchev–Trinajstić information content (AvgIpc) is 2.39. The summed E-state index contributed by atoms with van der Waals surface area (Å²) in [5.74, 6) is 0.133. The number of hydrogen-bond donors (Lipinski definition) is 1. The summed E-state index contributed by atoms with van der Waals surface area (Å²) in [6.45, 7) is 0. The molecule has 0 fully saturated rings. The van der Waals surface area contributed by atoms with Gasteiger partial charge in [-0.05, 0) is 24.3 Å². The van der Waals surface area contributed by atoms with Crippen LogP contribution in [0.5, 0.6) is 5.75 Å². The molecule has 0 atom stereocenters. The van der Waals surface area contributed by atoms with Crippen LogP contribution < -0.4 is 10.5 Å². The Hall–Kier alpha value is -2.07. The summed E-state index contributed by atoms with van der Waals surface area (Å²) < 4.78 is 5.25. The van der Waals surface area contributed by atoms with Crippen molar-refractivity contribution in [2.45, 2.75) is 0 Å². The molecule has 0 unspecified atom stereocenters. The second-order valence-electron chi connectivity index (χ2n) is 3.67. The number of benzene rings is 1. The van der Waals surface area contributed by atoms with E-state index < -0.39 is 5.91 Å². The molecule has 1 aromatic heterocycles. The van der Waals surface area contributed by atoms with Crippen LogP contribution in [-0.4, -0.2) is 18.0 Å². The number of amides is 1. The lowest BCUT2D eigenvalue weighted by Gasteiger charge is -2.09. The molecular formula is C13H11ClN2O2. The molecule has 0 radical (unpaired) electrons. The van der Waals surface area contributed by atoms with Gasteiger partial charge in [0, 0.05) is 28.5 Å². The third-order valence-electron chi connectivity index (χ3n) is 2.50. The Morgan fingerprint density at radius 1 is 1.33 bits per heavy atom. The van der Waals surface area contributed by atoms with Gasteiger partial charge in [0.25, 0.3) is 0 Å². The number of hydrogen-bond acceptors (Lipinski definition) is 3. The molecule has 0 saturated carbocycles. The number of carbonyl (C=O) groups excluding carboxylic acids is 1. The lowest BCUT2D eigenvalue weighted by molar-refractivity contribution is 0.1000. The fourth-order valence-electron chi connectivity index (χ4n) is 1.63. The van der Waals surface area contributed by atoms with E-state index in [1.807, 2.05) is 0 Å². The van der Waals surface area contributed by atoms with Gasteiger partial charge < -0.3 is 10.5 Å². The number of rotatable bonds is 3. The van der Waals surface area contributed by atoms with Crippen LogP contribution in [0.2, 0.25) is 5.02 Å². The number of aromatic nitrogens is 1. The number of halogens is 1. The van der Waals surface area contributed by atoms with Crippen molar-refractivity contribution in [1.82, 2.24) is 4.98 Å². The van der Waals surface area contributed by atoms with Crippen LogP contribution in [0.25, 0.3) is 11.1 Å². The third kappa shape index (κ3) is 2.43. The van der Waals surface area contributed by atoms with Gasteiger partial charge in [0.15, 0.2) is 0 Å². The first-order chi connectivity index (χ1) is 8.61. The fourth-order valence-corrected chi connectivity index (χ4v) is 1.80. The van der Waals surface area contributed by atoms with Crippen LogP contribution in [0, 0.1) is 0 Å². The van der Waals surface area contributed by atoms with E-state index >= 15 is 0 Å². The molecule has 1 heterocycles. The summed E-state index contributed by atoms with van der Waals surface area (Å²) >= 11 is 5.96. The van der Waals surface area contributed by atoms with E-state index in [1.165, 1.54) is 6.20 Å². The Bertz CT molecular complexity index is 599. The molecule has 0 aliphatic rings. The Morgan fingerprint density at radius 2 is 2.11 bits per heavy atom. The maximum Gasteiger partial charge on any atom is 0.250 e. The SMILES string of the molecule is COc1ccc(Cl)cc1-c1cncc(C(N)=O)c1. The van der Waals surface area contributed by atoms with Crippen molar-refractivity contribution in [3.63, 3.8) is 0 Å². The quantitative estimate of drug-likeness (QED) is 0.924. The zero-order valence-electron chi connectivity index (χ0n) is 9.68. The predicted octanol–water partition coefficient (Wildman–Crippen LogP) is 2.51. The molecule has 2 aromatic rings. The van der Waals surface area contributed by atoms with Gasteiger partial charge in [-0.25, -0.2) is 0 Å². The van der Waals surface area contributed by atoms with E-state index in [0.29, 0.717) is 16.3 Å². The monoisotopic (exact) mass is 262 g/mol. The second kappa shape index (κ2) is 5.06. The first kappa shape index (κ1) is 12.4. The molecule has 0 bridgehead atoms. The second-order valence-corrected chi connectivity index (χ2v) is 4.11. The lowest BCUT2D eigenvalue weighted by Crippen LogP contribution is -2.11. The topological polar surface area (TPSA) is 65.2 Å². The molecule has 0 saturated heterocycles. The van der Waals surface area contributed by atoms with Crippen molar-refractivity contribution < 1.29 is 9.53 Å². The van der Waals surface area contributed by atoms with Gasteiger partial charge in [0.1, 0.15) is 5.75 Å². The van der Waals surface area contributed by atoms with Crippen LogP contribution in [0.15, 0.2) is 36.7 Å². The minimum Gasteiger partial charge on any atom is -0.496 e. The summed E-state index contributed by atoms with van der Waals surface area (Å²) in [7, 11) is 1.57. The number of primary amides is 1. The Labute approximate surface area is 109 Å². The van der Waals surface area contributed by atoms with Crippen molar-refractivity contribution in [2.24, 2.45) is 5.73 Å². The van der Waals surface area contributed by atoms with Crippen molar-refractivity contribution >= 4 is 17.5 Å². The van der Waals surface area contributed by atoms with E-state index in [4.69, 9.17) is 22.1 Å². The van der Waals surface area contributed by atoms with Gasteiger partial charge in [-0.1, -0.05) is 11.6 Å². The molecule has 1 amide bonds.